The first kappa shape index (κ1) is 14.5. The van der Waals surface area contributed by atoms with Crippen molar-refractivity contribution in [3.05, 3.63) is 22.5 Å². The van der Waals surface area contributed by atoms with Crippen LogP contribution in [-0.4, -0.2) is 58.4 Å². The van der Waals surface area contributed by atoms with Crippen LogP contribution in [0.25, 0.3) is 0 Å². The van der Waals surface area contributed by atoms with Crippen molar-refractivity contribution in [2.75, 3.05) is 31.1 Å². The zero-order chi connectivity index (χ0) is 14.7. The van der Waals surface area contributed by atoms with Gasteiger partial charge in [0.1, 0.15) is 11.9 Å². The Kier molecular flexibility index (Phi) is 4.39. The van der Waals surface area contributed by atoms with Crippen LogP contribution in [0.15, 0.2) is 16.9 Å². The summed E-state index contributed by atoms with van der Waals surface area (Å²) in [4.78, 5) is 26.7. The first-order chi connectivity index (χ1) is 9.49. The fraction of sp³-hybridized carbons (Fsp3) is 0.615. The summed E-state index contributed by atoms with van der Waals surface area (Å²) in [6, 6.07) is 3.10. The molecule has 0 aliphatic carbocycles. The molecular formula is C13H20N4O3. The van der Waals surface area contributed by atoms with Crippen LogP contribution in [0.3, 0.4) is 0 Å². The highest BCUT2D eigenvalue weighted by Crippen LogP contribution is 2.13. The minimum Gasteiger partial charge on any atom is -0.383 e. The number of anilines is 1. The zero-order valence-electron chi connectivity index (χ0n) is 11.7. The van der Waals surface area contributed by atoms with Crippen molar-refractivity contribution in [3.63, 3.8) is 0 Å². The summed E-state index contributed by atoms with van der Waals surface area (Å²) in [5.74, 6) is 0.400. The molecule has 110 valence electrons. The molecule has 1 amide bonds. The molecule has 0 bridgehead atoms. The number of aliphatic hydroxyl groups excluding tert-OH is 1. The number of H-pyrrole nitrogens is 1. The van der Waals surface area contributed by atoms with Crippen molar-refractivity contribution in [1.82, 2.24) is 15.1 Å². The highest BCUT2D eigenvalue weighted by molar-refractivity contribution is 5.81. The second-order valence-electron chi connectivity index (χ2n) is 5.28. The zero-order valence-corrected chi connectivity index (χ0v) is 11.7. The average Bonchev–Trinajstić information content (AvgIpc) is 2.46. The lowest BCUT2D eigenvalue weighted by molar-refractivity contribution is -0.142. The second kappa shape index (κ2) is 6.04. The van der Waals surface area contributed by atoms with Crippen LogP contribution in [0.4, 0.5) is 5.82 Å². The normalized spacial score (nSPS) is 17.4. The standard InChI is InChI=1S/C13H20N4O3/c1-9(2)12(19)13(20)17-7-5-16(6-8-17)10-3-4-11(18)15-14-10/h3-4,9,12,19H,5-8H2,1-2H3,(H,15,18)/t12-/m0/s1. The third kappa shape index (κ3) is 3.16. The molecule has 2 N–H and O–H groups in total. The number of carbonyl (C=O) groups is 1. The van der Waals surface area contributed by atoms with Gasteiger partial charge in [-0.3, -0.25) is 9.59 Å². The van der Waals surface area contributed by atoms with Crippen molar-refractivity contribution in [2.24, 2.45) is 5.92 Å². The number of aromatic nitrogens is 2. The molecular weight excluding hydrogens is 260 g/mol. The van der Waals surface area contributed by atoms with Gasteiger partial charge >= 0.3 is 0 Å². The van der Waals surface area contributed by atoms with Crippen LogP contribution in [-0.2, 0) is 4.79 Å². The molecule has 0 saturated carbocycles. The third-order valence-electron chi connectivity index (χ3n) is 3.46. The Balaban J connectivity index is 1.94. The van der Waals surface area contributed by atoms with Crippen molar-refractivity contribution >= 4 is 11.7 Å². The van der Waals surface area contributed by atoms with E-state index in [-0.39, 0.29) is 17.4 Å². The number of nitrogens with zero attached hydrogens (tertiary/aromatic N) is 3. The molecule has 0 aromatic carbocycles. The Labute approximate surface area is 117 Å². The number of rotatable bonds is 3. The van der Waals surface area contributed by atoms with Gasteiger partial charge in [0.05, 0.1) is 0 Å². The lowest BCUT2D eigenvalue weighted by Crippen LogP contribution is -2.52. The summed E-state index contributed by atoms with van der Waals surface area (Å²) in [5.41, 5.74) is -0.234. The number of carbonyl (C=O) groups excluding carboxylic acids is 1. The van der Waals surface area contributed by atoms with Gasteiger partial charge in [-0.2, -0.15) is 5.10 Å². The van der Waals surface area contributed by atoms with E-state index in [4.69, 9.17) is 0 Å². The molecule has 0 spiro atoms. The van der Waals surface area contributed by atoms with Crippen molar-refractivity contribution < 1.29 is 9.90 Å². The average molecular weight is 280 g/mol. The number of piperazine rings is 1. The van der Waals surface area contributed by atoms with E-state index in [1.165, 1.54) is 6.07 Å². The summed E-state index contributed by atoms with van der Waals surface area (Å²) in [6.07, 6.45) is -0.937. The first-order valence-electron chi connectivity index (χ1n) is 6.76. The molecule has 1 saturated heterocycles. The second-order valence-corrected chi connectivity index (χ2v) is 5.28. The molecule has 2 rings (SSSR count). The largest absolute Gasteiger partial charge is 0.383 e. The van der Waals surface area contributed by atoms with Gasteiger partial charge in [0.15, 0.2) is 0 Å². The first-order valence-corrected chi connectivity index (χ1v) is 6.76. The van der Waals surface area contributed by atoms with E-state index >= 15 is 0 Å². The minimum atomic E-state index is -0.937. The van der Waals surface area contributed by atoms with Crippen LogP contribution < -0.4 is 10.5 Å². The van der Waals surface area contributed by atoms with Crippen LogP contribution in [0.1, 0.15) is 13.8 Å². The van der Waals surface area contributed by atoms with Gasteiger partial charge in [-0.1, -0.05) is 13.8 Å². The molecule has 0 unspecified atom stereocenters. The molecule has 1 aliphatic heterocycles. The number of aromatic amines is 1. The quantitative estimate of drug-likeness (QED) is 0.774. The number of aliphatic hydroxyl groups is 1. The Hall–Kier alpha value is -1.89. The lowest BCUT2D eigenvalue weighted by atomic mass is 10.1. The molecule has 1 aromatic heterocycles. The van der Waals surface area contributed by atoms with Crippen LogP contribution in [0.5, 0.6) is 0 Å². The Morgan fingerprint density at radius 1 is 1.30 bits per heavy atom. The van der Waals surface area contributed by atoms with Crippen LogP contribution >= 0.6 is 0 Å². The van der Waals surface area contributed by atoms with E-state index < -0.39 is 6.10 Å². The molecule has 1 atom stereocenters. The molecule has 7 heteroatoms. The van der Waals surface area contributed by atoms with Crippen molar-refractivity contribution in [3.8, 4) is 0 Å². The van der Waals surface area contributed by atoms with Crippen molar-refractivity contribution in [1.29, 1.82) is 0 Å². The summed E-state index contributed by atoms with van der Waals surface area (Å²) in [6.45, 7) is 6.00. The predicted octanol–water partition coefficient (Wildman–Crippen LogP) is -0.565. The summed E-state index contributed by atoms with van der Waals surface area (Å²) >= 11 is 0. The SMILES string of the molecule is CC(C)[C@H](O)C(=O)N1CCN(c2ccc(=O)[nH]n2)CC1. The summed E-state index contributed by atoms with van der Waals surface area (Å²) in [5, 5.41) is 16.2. The van der Waals surface area contributed by atoms with E-state index in [1.807, 2.05) is 18.7 Å². The van der Waals surface area contributed by atoms with Crippen LogP contribution in [0, 0.1) is 5.92 Å². The number of hydrogen-bond donors (Lipinski definition) is 2. The van der Waals surface area contributed by atoms with Gasteiger partial charge in [0.2, 0.25) is 0 Å². The fourth-order valence-electron chi connectivity index (χ4n) is 2.14. The van der Waals surface area contributed by atoms with E-state index in [0.29, 0.717) is 32.0 Å². The van der Waals surface area contributed by atoms with Crippen LogP contribution in [0.2, 0.25) is 0 Å². The maximum absolute atomic E-state index is 12.0. The van der Waals surface area contributed by atoms with E-state index in [0.717, 1.165) is 0 Å². The van der Waals surface area contributed by atoms with Gasteiger partial charge in [-0.25, -0.2) is 5.10 Å². The molecule has 1 aliphatic rings. The van der Waals surface area contributed by atoms with E-state index in [9.17, 15) is 14.7 Å². The highest BCUT2D eigenvalue weighted by Gasteiger charge is 2.28. The molecule has 0 radical (unpaired) electrons. The summed E-state index contributed by atoms with van der Waals surface area (Å²) in [7, 11) is 0. The molecule has 20 heavy (non-hydrogen) atoms. The molecule has 1 fully saturated rings. The van der Waals surface area contributed by atoms with Gasteiger partial charge in [0, 0.05) is 32.2 Å². The van der Waals surface area contributed by atoms with E-state index in [2.05, 4.69) is 10.2 Å². The van der Waals surface area contributed by atoms with Gasteiger partial charge < -0.3 is 14.9 Å². The lowest BCUT2D eigenvalue weighted by Gasteiger charge is -2.36. The fourth-order valence-corrected chi connectivity index (χ4v) is 2.14. The topological polar surface area (TPSA) is 89.5 Å². The Bertz CT molecular complexity index is 500. The van der Waals surface area contributed by atoms with Gasteiger partial charge in [-0.15, -0.1) is 0 Å². The third-order valence-corrected chi connectivity index (χ3v) is 3.46. The number of amides is 1. The van der Waals surface area contributed by atoms with E-state index in [1.54, 1.807) is 11.0 Å². The molecule has 7 nitrogen and oxygen atoms in total. The number of nitrogens with one attached hydrogen (secondary N) is 1. The summed E-state index contributed by atoms with van der Waals surface area (Å²) < 4.78 is 0. The molecule has 1 aromatic rings. The maximum atomic E-state index is 12.0. The van der Waals surface area contributed by atoms with Gasteiger partial charge in [-0.05, 0) is 12.0 Å². The Morgan fingerprint density at radius 2 is 1.95 bits per heavy atom. The minimum absolute atomic E-state index is 0.0820. The predicted molar refractivity (Wildman–Crippen MR) is 74.5 cm³/mol. The van der Waals surface area contributed by atoms with Crippen molar-refractivity contribution in [2.45, 2.75) is 20.0 Å². The Morgan fingerprint density at radius 3 is 2.45 bits per heavy atom. The number of hydrogen-bond acceptors (Lipinski definition) is 5. The molecule has 2 heterocycles. The monoisotopic (exact) mass is 280 g/mol. The maximum Gasteiger partial charge on any atom is 0.264 e. The highest BCUT2D eigenvalue weighted by atomic mass is 16.3. The smallest absolute Gasteiger partial charge is 0.264 e. The van der Waals surface area contributed by atoms with Gasteiger partial charge in [0.25, 0.3) is 11.5 Å².